The molecule has 2 N–H and O–H groups in total. The molecule has 1 rings (SSSR count). The summed E-state index contributed by atoms with van der Waals surface area (Å²) < 4.78 is 25.4. The summed E-state index contributed by atoms with van der Waals surface area (Å²) in [5, 5.41) is 10.5. The third kappa shape index (κ3) is 4.15. The predicted molar refractivity (Wildman–Crippen MR) is 68.0 cm³/mol. The summed E-state index contributed by atoms with van der Waals surface area (Å²) >= 11 is 0. The molecule has 0 radical (unpaired) electrons. The van der Waals surface area contributed by atoms with E-state index in [-0.39, 0.29) is 17.4 Å². The summed E-state index contributed by atoms with van der Waals surface area (Å²) in [7, 11) is -1.27. The van der Waals surface area contributed by atoms with Crippen molar-refractivity contribution in [2.75, 3.05) is 5.75 Å². The van der Waals surface area contributed by atoms with E-state index in [0.29, 0.717) is 12.2 Å². The Morgan fingerprint density at radius 1 is 1.56 bits per heavy atom. The molecule has 18 heavy (non-hydrogen) atoms. The first-order chi connectivity index (χ1) is 8.41. The number of benzene rings is 1. The van der Waals surface area contributed by atoms with Gasteiger partial charge in [-0.15, -0.1) is 0 Å². The molecule has 0 fully saturated rings. The second-order valence-electron chi connectivity index (χ2n) is 4.06. The van der Waals surface area contributed by atoms with Crippen LogP contribution in [-0.4, -0.2) is 20.9 Å². The Labute approximate surface area is 107 Å². The third-order valence-electron chi connectivity index (χ3n) is 2.37. The summed E-state index contributed by atoms with van der Waals surface area (Å²) in [6.45, 7) is 1.80. The summed E-state index contributed by atoms with van der Waals surface area (Å²) in [5.74, 6) is -0.573. The Bertz CT molecular complexity index is 466. The average molecular weight is 274 g/mol. The summed E-state index contributed by atoms with van der Waals surface area (Å²) in [4.78, 5) is 9.76. The zero-order valence-electron chi connectivity index (χ0n) is 9.97. The molecule has 0 spiro atoms. The van der Waals surface area contributed by atoms with Crippen LogP contribution in [0.2, 0.25) is 0 Å². The van der Waals surface area contributed by atoms with Crippen molar-refractivity contribution in [1.29, 1.82) is 0 Å². The Balaban J connectivity index is 2.76. The third-order valence-corrected chi connectivity index (χ3v) is 3.70. The molecule has 1 aromatic rings. The van der Waals surface area contributed by atoms with E-state index in [4.69, 9.17) is 5.73 Å². The van der Waals surface area contributed by atoms with Crippen LogP contribution in [-0.2, 0) is 16.6 Å². The molecular weight excluding hydrogens is 259 g/mol. The molecule has 2 unspecified atom stereocenters. The first kappa shape index (κ1) is 14.7. The Morgan fingerprint density at radius 2 is 2.22 bits per heavy atom. The van der Waals surface area contributed by atoms with E-state index >= 15 is 0 Å². The maximum atomic E-state index is 13.7. The standard InChI is InChI=1S/C11H15FN2O3S/c1-8(13)5-6-18(17)7-9-3-2-4-10(11(9)12)14(15)16/h2-4,8H,5-7,13H2,1H3. The van der Waals surface area contributed by atoms with Crippen LogP contribution in [0, 0.1) is 15.9 Å². The molecule has 0 heterocycles. The maximum absolute atomic E-state index is 13.7. The van der Waals surface area contributed by atoms with Crippen molar-refractivity contribution in [3.63, 3.8) is 0 Å². The van der Waals surface area contributed by atoms with Crippen molar-refractivity contribution in [1.82, 2.24) is 0 Å². The van der Waals surface area contributed by atoms with Crippen molar-refractivity contribution < 1.29 is 13.5 Å². The van der Waals surface area contributed by atoms with Crippen molar-refractivity contribution in [2.24, 2.45) is 5.73 Å². The molecule has 1 aromatic carbocycles. The molecule has 7 heteroatoms. The van der Waals surface area contributed by atoms with E-state index in [2.05, 4.69) is 0 Å². The number of rotatable bonds is 6. The summed E-state index contributed by atoms with van der Waals surface area (Å²) in [6.07, 6.45) is 0.573. The highest BCUT2D eigenvalue weighted by Gasteiger charge is 2.18. The largest absolute Gasteiger partial charge is 0.328 e. The molecule has 100 valence electrons. The Morgan fingerprint density at radius 3 is 2.78 bits per heavy atom. The fraction of sp³-hybridized carbons (Fsp3) is 0.455. The molecule has 5 nitrogen and oxygen atoms in total. The van der Waals surface area contributed by atoms with E-state index in [9.17, 15) is 18.7 Å². The molecule has 0 amide bonds. The number of hydrogen-bond acceptors (Lipinski definition) is 4. The van der Waals surface area contributed by atoms with Gasteiger partial charge in [-0.05, 0) is 13.3 Å². The lowest BCUT2D eigenvalue weighted by atomic mass is 10.2. The molecule has 0 saturated carbocycles. The van der Waals surface area contributed by atoms with Crippen LogP contribution in [0.5, 0.6) is 0 Å². The van der Waals surface area contributed by atoms with Crippen molar-refractivity contribution in [3.05, 3.63) is 39.7 Å². The quantitative estimate of drug-likeness (QED) is 0.632. The highest BCUT2D eigenvalue weighted by Crippen LogP contribution is 2.21. The topological polar surface area (TPSA) is 86.2 Å². The van der Waals surface area contributed by atoms with Gasteiger partial charge in [-0.1, -0.05) is 12.1 Å². The van der Waals surface area contributed by atoms with E-state index in [1.165, 1.54) is 12.1 Å². The van der Waals surface area contributed by atoms with Crippen LogP contribution in [0.3, 0.4) is 0 Å². The zero-order chi connectivity index (χ0) is 13.7. The van der Waals surface area contributed by atoms with Gasteiger partial charge in [0.05, 0.1) is 10.7 Å². The number of nitrogens with zero attached hydrogens (tertiary/aromatic N) is 1. The fourth-order valence-corrected chi connectivity index (χ4v) is 2.73. The molecule has 0 saturated heterocycles. The lowest BCUT2D eigenvalue weighted by Gasteiger charge is -2.06. The number of nitro benzene ring substituents is 1. The van der Waals surface area contributed by atoms with Gasteiger partial charge in [-0.25, -0.2) is 0 Å². The van der Waals surface area contributed by atoms with Gasteiger partial charge < -0.3 is 5.73 Å². The summed E-state index contributed by atoms with van der Waals surface area (Å²) in [5.41, 5.74) is 5.05. The Kier molecular flexibility index (Phi) is 5.36. The second-order valence-corrected chi connectivity index (χ2v) is 5.64. The van der Waals surface area contributed by atoms with Crippen molar-refractivity contribution in [3.8, 4) is 0 Å². The highest BCUT2D eigenvalue weighted by atomic mass is 32.2. The number of hydrogen-bond donors (Lipinski definition) is 1. The van der Waals surface area contributed by atoms with Crippen LogP contribution >= 0.6 is 0 Å². The van der Waals surface area contributed by atoms with Crippen LogP contribution in [0.1, 0.15) is 18.9 Å². The number of nitro groups is 1. The van der Waals surface area contributed by atoms with E-state index in [1.54, 1.807) is 6.92 Å². The number of nitrogens with two attached hydrogens (primary N) is 1. The van der Waals surface area contributed by atoms with E-state index in [1.807, 2.05) is 0 Å². The normalized spacial score (nSPS) is 14.2. The van der Waals surface area contributed by atoms with Crippen LogP contribution in [0.4, 0.5) is 10.1 Å². The second kappa shape index (κ2) is 6.55. The van der Waals surface area contributed by atoms with Gasteiger partial charge in [0.15, 0.2) is 0 Å². The van der Waals surface area contributed by atoms with Gasteiger partial charge in [0.1, 0.15) is 0 Å². The van der Waals surface area contributed by atoms with Crippen LogP contribution in [0.25, 0.3) is 0 Å². The minimum Gasteiger partial charge on any atom is -0.328 e. The van der Waals surface area contributed by atoms with Crippen LogP contribution in [0.15, 0.2) is 18.2 Å². The molecule has 0 aromatic heterocycles. The van der Waals surface area contributed by atoms with Crippen molar-refractivity contribution >= 4 is 16.5 Å². The van der Waals surface area contributed by atoms with Gasteiger partial charge in [0, 0.05) is 34.2 Å². The van der Waals surface area contributed by atoms with Gasteiger partial charge in [0.2, 0.25) is 5.82 Å². The first-order valence-corrected chi connectivity index (χ1v) is 6.93. The van der Waals surface area contributed by atoms with Gasteiger partial charge in [0.25, 0.3) is 0 Å². The average Bonchev–Trinajstić information content (AvgIpc) is 2.29. The minimum atomic E-state index is -1.27. The lowest BCUT2D eigenvalue weighted by Crippen LogP contribution is -2.18. The fourth-order valence-electron chi connectivity index (χ4n) is 1.38. The van der Waals surface area contributed by atoms with Crippen molar-refractivity contribution in [2.45, 2.75) is 25.1 Å². The van der Waals surface area contributed by atoms with Crippen LogP contribution < -0.4 is 5.73 Å². The monoisotopic (exact) mass is 274 g/mol. The van der Waals surface area contributed by atoms with Gasteiger partial charge >= 0.3 is 5.69 Å². The van der Waals surface area contributed by atoms with E-state index < -0.39 is 27.2 Å². The highest BCUT2D eigenvalue weighted by molar-refractivity contribution is 7.84. The maximum Gasteiger partial charge on any atom is 0.305 e. The number of halogens is 1. The molecule has 0 aliphatic carbocycles. The van der Waals surface area contributed by atoms with E-state index in [0.717, 1.165) is 6.07 Å². The smallest absolute Gasteiger partial charge is 0.305 e. The molecule has 0 bridgehead atoms. The molecule has 2 atom stereocenters. The predicted octanol–water partition coefficient (Wildman–Crippen LogP) is 1.72. The lowest BCUT2D eigenvalue weighted by molar-refractivity contribution is -0.387. The minimum absolute atomic E-state index is 0.0275. The SMILES string of the molecule is CC(N)CCS(=O)Cc1cccc([N+](=O)[O-])c1F. The van der Waals surface area contributed by atoms with Gasteiger partial charge in [-0.3, -0.25) is 14.3 Å². The molecule has 0 aliphatic heterocycles. The molecule has 0 aliphatic rings. The van der Waals surface area contributed by atoms with Gasteiger partial charge in [-0.2, -0.15) is 4.39 Å². The first-order valence-electron chi connectivity index (χ1n) is 5.44. The Hall–Kier alpha value is -1.34. The zero-order valence-corrected chi connectivity index (χ0v) is 10.8. The molecular formula is C11H15FN2O3S. The summed E-state index contributed by atoms with van der Waals surface area (Å²) in [6, 6.07) is 3.82.